The van der Waals surface area contributed by atoms with Gasteiger partial charge in [-0.25, -0.2) is 0 Å². The molecule has 0 unspecified atom stereocenters. The highest BCUT2D eigenvalue weighted by molar-refractivity contribution is 14.1. The molecule has 43 heavy (non-hydrogen) atoms. The third-order valence-electron chi connectivity index (χ3n) is 8.46. The Morgan fingerprint density at radius 1 is 0.302 bits per heavy atom. The van der Waals surface area contributed by atoms with Crippen molar-refractivity contribution in [3.8, 4) is 0 Å². The van der Waals surface area contributed by atoms with E-state index in [1.807, 2.05) is 0 Å². The van der Waals surface area contributed by atoms with E-state index in [9.17, 15) is 0 Å². The Hall–Kier alpha value is 3.35. The van der Waals surface area contributed by atoms with Crippen LogP contribution in [0.5, 0.6) is 0 Å². The molecule has 0 spiro atoms. The molecule has 1 nitrogen and oxygen atoms in total. The van der Waals surface area contributed by atoms with Crippen molar-refractivity contribution in [1.29, 1.82) is 0 Å². The second kappa shape index (κ2) is 21.5. The van der Waals surface area contributed by atoms with Crippen molar-refractivity contribution in [2.24, 2.45) is 0 Å². The lowest BCUT2D eigenvalue weighted by Crippen LogP contribution is -2.92. The first-order chi connectivity index (χ1) is 19.9. The van der Waals surface area contributed by atoms with Crippen LogP contribution in [0.3, 0.4) is 0 Å². The van der Waals surface area contributed by atoms with Gasteiger partial charge in [0.05, 0.1) is 0 Å². The third-order valence-corrected chi connectivity index (χ3v) is 9.10. The predicted molar refractivity (Wildman–Crippen MR) is 253 cm³/mol. The number of hydrogen-bond donors (Lipinski definition) is 1. The topological polar surface area (TPSA) is 12.0 Å². The van der Waals surface area contributed by atoms with Gasteiger partial charge in [-0.3, -0.25) is 0 Å². The van der Waals surface area contributed by atoms with Crippen molar-refractivity contribution in [3.63, 3.8) is 0 Å². The minimum atomic E-state index is -1.30. The van der Waals surface area contributed by atoms with Gasteiger partial charge in [0.25, 0.3) is 0 Å². The summed E-state index contributed by atoms with van der Waals surface area (Å²) < 4.78 is 10.1. The molecular formula is HB41IN. The molecule has 136 valence electrons. The van der Waals surface area contributed by atoms with E-state index < -0.39 is 128 Å². The van der Waals surface area contributed by atoms with Gasteiger partial charge in [0.2, 0.25) is 0 Å². The first-order valence-corrected chi connectivity index (χ1v) is 14.7. The summed E-state index contributed by atoms with van der Waals surface area (Å²) in [6.07, 6.45) is -22.5. The first-order valence-electron chi connectivity index (χ1n) is 14.2. The van der Waals surface area contributed by atoms with Crippen molar-refractivity contribution < 1.29 is 1.41 Å². The van der Waals surface area contributed by atoms with E-state index in [4.69, 9.17) is 164 Å². The van der Waals surface area contributed by atoms with Crippen molar-refractivity contribution >= 4 is 313 Å². The predicted octanol–water partition coefficient (Wildman–Crippen LogP) is -15.2. The summed E-state index contributed by atoms with van der Waals surface area (Å²) in [6, 6.07) is 0. The van der Waals surface area contributed by atoms with Crippen LogP contribution in [0.1, 0.15) is 0 Å². The SMILES string of the molecule is [3H]N(I)B(B(B(B([B])[B])B([B])[B])B(B([B])[B])B([B])[B])B(B(B([B])[B])B([B])B([B])[B])B(B(B([B])[B])B([B])[B])B(B([B])[B])B([B])[B]. The van der Waals surface area contributed by atoms with Crippen LogP contribution < -0.4 is 3.43 Å². The summed E-state index contributed by atoms with van der Waals surface area (Å²) in [6.45, 7) is -1.24. The Morgan fingerprint density at radius 3 is 0.698 bits per heavy atom. The van der Waals surface area contributed by atoms with Crippen LogP contribution in [0.2, 0.25) is 1.41 Å². The molecule has 0 fully saturated rings. The fourth-order valence-electron chi connectivity index (χ4n) is 6.69. The molecule has 0 aromatic carbocycles. The van der Waals surface area contributed by atoms with Gasteiger partial charge in [0.15, 0.2) is 0 Å². The molecule has 0 atom stereocenters. The number of rotatable bonds is 20. The third kappa shape index (κ3) is 12.9. The van der Waals surface area contributed by atoms with Crippen molar-refractivity contribution in [1.82, 2.24) is 3.43 Å². The zero-order valence-electron chi connectivity index (χ0n) is 25.5. The molecule has 1 N–H and O–H groups in total. The lowest BCUT2D eigenvalue weighted by atomic mass is 8.30. The van der Waals surface area contributed by atoms with Gasteiger partial charge in [0, 0.05) is 307 Å². The summed E-state index contributed by atoms with van der Waals surface area (Å²) in [5.74, 6) is 0. The Labute approximate surface area is 315 Å². The second-order valence-electron chi connectivity index (χ2n) is 11.6. The molecule has 0 heterocycles. The van der Waals surface area contributed by atoms with Crippen LogP contribution in [-0.2, 0) is 0 Å². The van der Waals surface area contributed by atoms with Crippen molar-refractivity contribution in [3.05, 3.63) is 0 Å². The lowest BCUT2D eigenvalue weighted by Gasteiger charge is -2.52. The monoisotopic (exact) mass is 595 g/mol. The molecule has 42 radical (unpaired) electrons. The summed E-state index contributed by atoms with van der Waals surface area (Å²) in [5, 5.41) is 0. The van der Waals surface area contributed by atoms with E-state index >= 15 is 0 Å². The number of halogens is 1. The molecule has 0 rings (SSSR count). The molecule has 0 aromatic heterocycles. The number of hydrogen-bond acceptors (Lipinski definition) is 1. The molecule has 0 saturated heterocycles. The summed E-state index contributed by atoms with van der Waals surface area (Å²) in [7, 11) is 132. The molecule has 0 aromatic rings. The van der Waals surface area contributed by atoms with Gasteiger partial charge in [0.1, 0.15) is 8.04 Å². The highest BCUT2D eigenvalue weighted by Crippen LogP contribution is 2.18. The van der Waals surface area contributed by atoms with Gasteiger partial charge in [-0.05, 0) is 0 Å². The van der Waals surface area contributed by atoms with Crippen LogP contribution in [0.25, 0.3) is 0 Å². The smallest absolute Gasteiger partial charge is 0.129 e. The summed E-state index contributed by atoms with van der Waals surface area (Å²) in [5.41, 5.74) is 0. The maximum Gasteiger partial charge on any atom is 0.129 e. The van der Waals surface area contributed by atoms with Crippen LogP contribution in [0.15, 0.2) is 0 Å². The van der Waals surface area contributed by atoms with Gasteiger partial charge in [-0.2, -0.15) is 0 Å². The zero-order valence-corrected chi connectivity index (χ0v) is 26.7. The highest BCUT2D eigenvalue weighted by atomic mass is 127. The van der Waals surface area contributed by atoms with Crippen molar-refractivity contribution in [2.75, 3.05) is 0 Å². The minimum Gasteiger partial charge on any atom is -0.319 e. The molecule has 0 amide bonds. The van der Waals surface area contributed by atoms with Crippen LogP contribution in [0.4, 0.5) is 0 Å². The van der Waals surface area contributed by atoms with E-state index in [1.54, 1.807) is 22.9 Å². The quantitative estimate of drug-likeness (QED) is 0.0849. The molecule has 0 aliphatic carbocycles. The van der Waals surface area contributed by atoms with Crippen LogP contribution in [-0.4, -0.2) is 290 Å². The van der Waals surface area contributed by atoms with Crippen LogP contribution >= 0.6 is 22.9 Å². The van der Waals surface area contributed by atoms with Crippen molar-refractivity contribution in [2.45, 2.75) is 0 Å². The molecular weight excluding hydrogens is 584 g/mol. The highest BCUT2D eigenvalue weighted by Gasteiger charge is 2.57. The number of nitrogens with one attached hydrogen (secondary N) is 1. The second-order valence-corrected chi connectivity index (χ2v) is 12.1. The maximum absolute atomic E-state index is 9.09. The normalized spacial score (nSPS) is 10.1. The Morgan fingerprint density at radius 2 is 0.512 bits per heavy atom. The standard InChI is InChI=1S/B41HIN/c1-22(2)32(21)37(31(19)20)40(38(33(23(3)4)24(5)6)34(25(7)8)26(9)10)41(43-42)39(35(27(11)12)28(13)14)36(29(15)16)30(17)18/h43H/i/hT. The Balaban J connectivity index is 8.61. The molecule has 0 saturated carbocycles. The van der Waals surface area contributed by atoms with E-state index in [2.05, 4.69) is 0 Å². The zero-order chi connectivity index (χ0) is 35.1. The fraction of sp³-hybridized carbons (Fsp3) is 0. The molecule has 0 bridgehead atoms. The summed E-state index contributed by atoms with van der Waals surface area (Å²) in [4.78, 5) is 0. The average molecular weight is 587 g/mol. The largest absolute Gasteiger partial charge is 0.319 e. The van der Waals surface area contributed by atoms with E-state index in [0.717, 1.165) is 3.43 Å². The Bertz CT molecular complexity index is 680. The molecule has 0 aliphatic heterocycles. The van der Waals surface area contributed by atoms with Gasteiger partial charge >= 0.3 is 0 Å². The Kier molecular flexibility index (Phi) is 22.2. The van der Waals surface area contributed by atoms with Crippen LogP contribution in [0, 0.1) is 0 Å². The van der Waals surface area contributed by atoms with Gasteiger partial charge < -0.3 is 3.43 Å². The average Bonchev–Trinajstić information content (AvgIpc) is 2.80. The maximum atomic E-state index is 9.09. The summed E-state index contributed by atoms with van der Waals surface area (Å²) >= 11 is 1.68. The van der Waals surface area contributed by atoms with E-state index in [1.165, 1.54) is 0 Å². The van der Waals surface area contributed by atoms with Gasteiger partial charge in [-0.15, -0.1) is 0 Å². The fourth-order valence-corrected chi connectivity index (χ4v) is 7.43. The van der Waals surface area contributed by atoms with Gasteiger partial charge in [-0.1, -0.05) is 0 Å². The molecule has 43 heteroatoms. The minimum absolute atomic E-state index is 0.988. The van der Waals surface area contributed by atoms with E-state index in [-0.39, 0.29) is 0 Å². The van der Waals surface area contributed by atoms with E-state index in [0.29, 0.717) is 0 Å². The lowest BCUT2D eigenvalue weighted by molar-refractivity contribution is 1.79. The first kappa shape index (κ1) is 44.4. The molecule has 0 aliphatic rings.